The average Bonchev–Trinajstić information content (AvgIpc) is 2.59. The molecule has 0 amide bonds. The number of para-hydroxylation sites is 1. The Balaban J connectivity index is 2.60. The summed E-state index contributed by atoms with van der Waals surface area (Å²) in [5.74, 6) is -0.769. The summed E-state index contributed by atoms with van der Waals surface area (Å²) in [5.41, 5.74) is -0.401. The van der Waals surface area contributed by atoms with Gasteiger partial charge in [-0.1, -0.05) is 34.1 Å². The average molecular weight is 443 g/mol. The molecule has 26 heavy (non-hydrogen) atoms. The molecule has 0 aliphatic carbocycles. The molecule has 2 aromatic carbocycles. The van der Waals surface area contributed by atoms with Crippen LogP contribution in [0.2, 0.25) is 0 Å². The normalized spacial score (nSPS) is 11.0. The second-order valence-electron chi connectivity index (χ2n) is 5.02. The highest BCUT2D eigenvalue weighted by molar-refractivity contribution is 9.10. The number of hydrogen-bond acceptors (Lipinski definition) is 6. The zero-order valence-corrected chi connectivity index (χ0v) is 16.1. The van der Waals surface area contributed by atoms with E-state index >= 15 is 0 Å². The van der Waals surface area contributed by atoms with E-state index < -0.39 is 38.0 Å². The van der Waals surface area contributed by atoms with Gasteiger partial charge in [-0.2, -0.15) is 0 Å². The third kappa shape index (κ3) is 4.38. The first kappa shape index (κ1) is 19.9. The van der Waals surface area contributed by atoms with Crippen molar-refractivity contribution in [1.29, 1.82) is 0 Å². The van der Waals surface area contributed by atoms with Crippen molar-refractivity contribution >= 4 is 43.3 Å². The van der Waals surface area contributed by atoms with E-state index in [4.69, 9.17) is 4.74 Å². The van der Waals surface area contributed by atoms with Crippen LogP contribution >= 0.6 is 15.9 Å². The van der Waals surface area contributed by atoms with Crippen molar-refractivity contribution in [2.75, 3.05) is 17.5 Å². The fourth-order valence-corrected chi connectivity index (χ4v) is 4.16. The minimum atomic E-state index is -4.39. The van der Waals surface area contributed by atoms with E-state index in [9.17, 15) is 23.3 Å². The van der Waals surface area contributed by atoms with Gasteiger partial charge in [0.2, 0.25) is 0 Å². The van der Waals surface area contributed by atoms with Crippen LogP contribution in [0.5, 0.6) is 0 Å². The van der Waals surface area contributed by atoms with E-state index in [1.807, 2.05) is 0 Å². The summed E-state index contributed by atoms with van der Waals surface area (Å²) < 4.78 is 32.4. The van der Waals surface area contributed by atoms with Gasteiger partial charge in [0.1, 0.15) is 6.54 Å². The molecule has 0 unspecified atom stereocenters. The minimum Gasteiger partial charge on any atom is -0.465 e. The predicted octanol–water partition coefficient (Wildman–Crippen LogP) is 3.12. The lowest BCUT2D eigenvalue weighted by atomic mass is 10.3. The van der Waals surface area contributed by atoms with E-state index in [1.165, 1.54) is 24.3 Å². The maximum absolute atomic E-state index is 13.1. The Bertz CT molecular complexity index is 932. The molecular formula is C16H15BrN2O6S. The summed E-state index contributed by atoms with van der Waals surface area (Å²) in [6.07, 6.45) is 0. The first-order chi connectivity index (χ1) is 12.3. The number of nitrogens with zero attached hydrogens (tertiary/aromatic N) is 2. The van der Waals surface area contributed by atoms with Crippen LogP contribution in [0.4, 0.5) is 11.4 Å². The lowest BCUT2D eigenvalue weighted by Gasteiger charge is -2.23. The molecule has 0 heterocycles. The molecule has 0 saturated carbocycles. The van der Waals surface area contributed by atoms with Crippen molar-refractivity contribution in [3.8, 4) is 0 Å². The van der Waals surface area contributed by atoms with E-state index in [-0.39, 0.29) is 12.3 Å². The maximum Gasteiger partial charge on any atom is 0.326 e. The van der Waals surface area contributed by atoms with Crippen LogP contribution in [-0.2, 0) is 19.6 Å². The van der Waals surface area contributed by atoms with Crippen LogP contribution in [0.3, 0.4) is 0 Å². The Labute approximate surface area is 158 Å². The summed E-state index contributed by atoms with van der Waals surface area (Å²) >= 11 is 3.24. The largest absolute Gasteiger partial charge is 0.465 e. The summed E-state index contributed by atoms with van der Waals surface area (Å²) in [6.45, 7) is 1.06. The molecule has 8 nitrogen and oxygen atoms in total. The number of carbonyl (C=O) groups excluding carboxylic acids is 1. The van der Waals surface area contributed by atoms with Gasteiger partial charge in [-0.15, -0.1) is 0 Å². The second kappa shape index (κ2) is 8.28. The van der Waals surface area contributed by atoms with Gasteiger partial charge in [0.25, 0.3) is 15.7 Å². The zero-order valence-electron chi connectivity index (χ0n) is 13.7. The molecule has 10 heteroatoms. The van der Waals surface area contributed by atoms with Gasteiger partial charge in [-0.25, -0.2) is 8.42 Å². The molecule has 0 aliphatic rings. The fraction of sp³-hybridized carbons (Fsp3) is 0.188. The molecule has 0 fully saturated rings. The maximum atomic E-state index is 13.1. The van der Waals surface area contributed by atoms with Gasteiger partial charge in [0.15, 0.2) is 4.90 Å². The van der Waals surface area contributed by atoms with Crippen LogP contribution in [0.1, 0.15) is 6.92 Å². The molecule has 0 bridgehead atoms. The summed E-state index contributed by atoms with van der Waals surface area (Å²) in [4.78, 5) is 21.9. The molecule has 0 aromatic heterocycles. The van der Waals surface area contributed by atoms with Crippen molar-refractivity contribution in [3.63, 3.8) is 0 Å². The van der Waals surface area contributed by atoms with Crippen molar-refractivity contribution < 1.29 is 22.9 Å². The Kier molecular flexibility index (Phi) is 6.32. The molecule has 0 spiro atoms. The van der Waals surface area contributed by atoms with Gasteiger partial charge in [-0.3, -0.25) is 19.2 Å². The number of anilines is 1. The zero-order chi connectivity index (χ0) is 19.3. The first-order valence-corrected chi connectivity index (χ1v) is 9.68. The monoisotopic (exact) mass is 442 g/mol. The number of benzene rings is 2. The molecular weight excluding hydrogens is 428 g/mol. The van der Waals surface area contributed by atoms with Gasteiger partial charge >= 0.3 is 5.97 Å². The van der Waals surface area contributed by atoms with Gasteiger partial charge in [-0.05, 0) is 31.2 Å². The number of sulfonamides is 1. The molecule has 2 rings (SSSR count). The highest BCUT2D eigenvalue weighted by atomic mass is 79.9. The number of nitro benzene ring substituents is 1. The third-order valence-electron chi connectivity index (χ3n) is 3.30. The SMILES string of the molecule is CCOC(=O)CN(c1cccc(Br)c1)S(=O)(=O)c1ccccc1[N+](=O)[O-]. The first-order valence-electron chi connectivity index (χ1n) is 7.44. The number of rotatable bonds is 7. The van der Waals surface area contributed by atoms with Gasteiger partial charge in [0.05, 0.1) is 17.2 Å². The van der Waals surface area contributed by atoms with Crippen molar-refractivity contribution in [3.05, 3.63) is 63.1 Å². The molecule has 0 radical (unpaired) electrons. The Morgan fingerprint density at radius 1 is 1.23 bits per heavy atom. The molecule has 0 atom stereocenters. The van der Waals surface area contributed by atoms with E-state index in [2.05, 4.69) is 15.9 Å². The summed E-state index contributed by atoms with van der Waals surface area (Å²) in [6, 6.07) is 11.2. The molecule has 0 N–H and O–H groups in total. The lowest BCUT2D eigenvalue weighted by Crippen LogP contribution is -2.37. The minimum absolute atomic E-state index is 0.0800. The highest BCUT2D eigenvalue weighted by Gasteiger charge is 2.33. The van der Waals surface area contributed by atoms with Crippen LogP contribution in [0.15, 0.2) is 57.9 Å². The van der Waals surface area contributed by atoms with Crippen LogP contribution in [0.25, 0.3) is 0 Å². The standard InChI is InChI=1S/C16H15BrN2O6S/c1-2-25-16(20)11-18(13-7-5-6-12(17)10-13)26(23,24)15-9-4-3-8-14(15)19(21)22/h3-10H,2,11H2,1H3. The van der Waals surface area contributed by atoms with Crippen LogP contribution < -0.4 is 4.31 Å². The smallest absolute Gasteiger partial charge is 0.326 e. The van der Waals surface area contributed by atoms with Crippen LogP contribution in [0, 0.1) is 10.1 Å². The van der Waals surface area contributed by atoms with Crippen molar-refractivity contribution in [2.24, 2.45) is 0 Å². The number of carbonyl (C=O) groups is 1. The topological polar surface area (TPSA) is 107 Å². The number of nitro groups is 1. The number of halogens is 1. The summed E-state index contributed by atoms with van der Waals surface area (Å²) in [7, 11) is -4.39. The van der Waals surface area contributed by atoms with E-state index in [0.29, 0.717) is 4.47 Å². The second-order valence-corrected chi connectivity index (χ2v) is 7.77. The van der Waals surface area contributed by atoms with E-state index in [1.54, 1.807) is 19.1 Å². The van der Waals surface area contributed by atoms with Gasteiger partial charge < -0.3 is 4.74 Å². The molecule has 138 valence electrons. The quantitative estimate of drug-likeness (QED) is 0.370. The Morgan fingerprint density at radius 3 is 2.54 bits per heavy atom. The Morgan fingerprint density at radius 2 is 1.92 bits per heavy atom. The Hall–Kier alpha value is -2.46. The number of ether oxygens (including phenoxy) is 1. The third-order valence-corrected chi connectivity index (χ3v) is 5.62. The van der Waals surface area contributed by atoms with E-state index in [0.717, 1.165) is 16.4 Å². The van der Waals surface area contributed by atoms with Gasteiger partial charge in [0, 0.05) is 10.5 Å². The van der Waals surface area contributed by atoms with Crippen molar-refractivity contribution in [1.82, 2.24) is 0 Å². The predicted molar refractivity (Wildman–Crippen MR) is 98.4 cm³/mol. The number of esters is 1. The lowest BCUT2D eigenvalue weighted by molar-refractivity contribution is -0.387. The number of hydrogen-bond donors (Lipinski definition) is 0. The highest BCUT2D eigenvalue weighted by Crippen LogP contribution is 2.30. The molecule has 0 saturated heterocycles. The molecule has 2 aromatic rings. The molecule has 0 aliphatic heterocycles. The van der Waals surface area contributed by atoms with Crippen molar-refractivity contribution in [2.45, 2.75) is 11.8 Å². The fourth-order valence-electron chi connectivity index (χ4n) is 2.22. The van der Waals surface area contributed by atoms with Crippen LogP contribution in [-0.4, -0.2) is 32.5 Å². The summed E-state index contributed by atoms with van der Waals surface area (Å²) in [5, 5.41) is 11.2.